The molecule has 0 atom stereocenters. The number of rotatable bonds is 9. The number of likely N-dealkylation sites (N-methyl/N-ethyl adjacent to an activating group) is 2. The highest BCUT2D eigenvalue weighted by Crippen LogP contribution is 2.32. The fourth-order valence-corrected chi connectivity index (χ4v) is 6.73. The van der Waals surface area contributed by atoms with Crippen LogP contribution < -0.4 is 10.1 Å². The maximum absolute atomic E-state index is 13.1. The van der Waals surface area contributed by atoms with Crippen LogP contribution in [0, 0.1) is 13.8 Å². The summed E-state index contributed by atoms with van der Waals surface area (Å²) >= 11 is 0. The molecule has 2 aromatic rings. The lowest BCUT2D eigenvalue weighted by molar-refractivity contribution is -0.122. The van der Waals surface area contributed by atoms with Gasteiger partial charge in [-0.1, -0.05) is 19.9 Å². The molecule has 0 saturated carbocycles. The van der Waals surface area contributed by atoms with Gasteiger partial charge in [-0.05, 0) is 73.8 Å². The summed E-state index contributed by atoms with van der Waals surface area (Å²) in [5.41, 5.74) is 4.33. The molecule has 0 unspecified atom stereocenters. The van der Waals surface area contributed by atoms with Crippen molar-refractivity contribution >= 4 is 27.4 Å². The predicted octanol–water partition coefficient (Wildman–Crippen LogP) is 3.69. The molecule has 3 rings (SSSR count). The molecule has 37 heavy (non-hydrogen) atoms. The number of nitrogens with one attached hydrogen (secondary N) is 1. The Kier molecular flexibility index (Phi) is 8.82. The molecular formula is C28H39N3O5S. The van der Waals surface area contributed by atoms with Crippen molar-refractivity contribution in [2.24, 2.45) is 0 Å². The van der Waals surface area contributed by atoms with Gasteiger partial charge < -0.3 is 15.0 Å². The molecular weight excluding hydrogens is 490 g/mol. The van der Waals surface area contributed by atoms with Crippen LogP contribution in [0.4, 0.5) is 5.69 Å². The third kappa shape index (κ3) is 6.77. The van der Waals surface area contributed by atoms with Crippen molar-refractivity contribution in [3.63, 3.8) is 0 Å². The lowest BCUT2D eigenvalue weighted by Gasteiger charge is -2.28. The fraction of sp³-hybridized carbons (Fsp3) is 0.500. The Morgan fingerprint density at radius 2 is 1.76 bits per heavy atom. The smallest absolute Gasteiger partial charge is 0.243 e. The standard InChI is InChI=1S/C28H39N3O5S/c1-19-14-24(36-7)15-20(2)27(19)37(34,35)31(6)17-23(32)9-11-26(33)29-22-8-10-25-21(16-22)12-13-30(5)18-28(25,3)4/h8,10,14-16H,9,11-13,17-18H2,1-7H3,(H,29,33). The van der Waals surface area contributed by atoms with Gasteiger partial charge in [-0.3, -0.25) is 9.59 Å². The summed E-state index contributed by atoms with van der Waals surface area (Å²) in [6.45, 7) is 9.47. The number of carbonyl (C=O) groups excluding carboxylic acids is 2. The lowest BCUT2D eigenvalue weighted by atomic mass is 9.81. The van der Waals surface area contributed by atoms with Crippen LogP contribution in [-0.2, 0) is 31.4 Å². The van der Waals surface area contributed by atoms with Gasteiger partial charge in [0, 0.05) is 44.1 Å². The normalized spacial score (nSPS) is 15.7. The number of sulfonamides is 1. The van der Waals surface area contributed by atoms with Crippen molar-refractivity contribution < 1.29 is 22.7 Å². The van der Waals surface area contributed by atoms with Gasteiger partial charge in [0.25, 0.3) is 0 Å². The van der Waals surface area contributed by atoms with Crippen molar-refractivity contribution in [3.8, 4) is 5.75 Å². The second-order valence-corrected chi connectivity index (χ2v) is 12.7. The number of ether oxygens (including phenoxy) is 1. The largest absolute Gasteiger partial charge is 0.497 e. The molecule has 1 N–H and O–H groups in total. The van der Waals surface area contributed by atoms with Crippen LogP contribution in [0.15, 0.2) is 35.2 Å². The van der Waals surface area contributed by atoms with Crippen LogP contribution >= 0.6 is 0 Å². The van der Waals surface area contributed by atoms with E-state index in [1.807, 2.05) is 12.1 Å². The van der Waals surface area contributed by atoms with Gasteiger partial charge in [-0.25, -0.2) is 8.42 Å². The number of carbonyl (C=O) groups is 2. The summed E-state index contributed by atoms with van der Waals surface area (Å²) in [6.07, 6.45) is 0.846. The first-order chi connectivity index (χ1) is 17.2. The summed E-state index contributed by atoms with van der Waals surface area (Å²) in [5, 5.41) is 2.89. The van der Waals surface area contributed by atoms with Gasteiger partial charge in [0.1, 0.15) is 11.5 Å². The number of fused-ring (bicyclic) bond motifs is 1. The molecule has 1 heterocycles. The number of hydrogen-bond donors (Lipinski definition) is 1. The van der Waals surface area contributed by atoms with E-state index in [1.165, 1.54) is 25.3 Å². The van der Waals surface area contributed by atoms with E-state index in [9.17, 15) is 18.0 Å². The Morgan fingerprint density at radius 3 is 2.38 bits per heavy atom. The van der Waals surface area contributed by atoms with Crippen LogP contribution in [0.2, 0.25) is 0 Å². The van der Waals surface area contributed by atoms with E-state index in [0.29, 0.717) is 22.6 Å². The number of ketones is 1. The van der Waals surface area contributed by atoms with Crippen LogP contribution in [0.1, 0.15) is 48.9 Å². The molecule has 2 aromatic carbocycles. The van der Waals surface area contributed by atoms with Crippen LogP contribution in [0.5, 0.6) is 5.75 Å². The molecule has 0 aliphatic carbocycles. The number of methoxy groups -OCH3 is 1. The SMILES string of the molecule is COc1cc(C)c(S(=O)(=O)N(C)CC(=O)CCC(=O)Nc2ccc3c(c2)CCN(C)CC3(C)C)c(C)c1. The third-order valence-corrected chi connectivity index (χ3v) is 9.02. The third-order valence-electron chi connectivity index (χ3n) is 6.91. The Morgan fingerprint density at radius 1 is 1.11 bits per heavy atom. The molecule has 0 fully saturated rings. The molecule has 0 aromatic heterocycles. The number of anilines is 1. The van der Waals surface area contributed by atoms with Crippen LogP contribution in [-0.4, -0.2) is 70.2 Å². The quantitative estimate of drug-likeness (QED) is 0.532. The monoisotopic (exact) mass is 529 g/mol. The summed E-state index contributed by atoms with van der Waals surface area (Å²) in [6, 6.07) is 9.32. The maximum Gasteiger partial charge on any atom is 0.243 e. The maximum atomic E-state index is 13.1. The van der Waals surface area contributed by atoms with E-state index in [2.05, 4.69) is 37.2 Å². The zero-order valence-electron chi connectivity index (χ0n) is 23.0. The van der Waals surface area contributed by atoms with Gasteiger partial charge in [0.05, 0.1) is 18.6 Å². The number of nitrogens with zero attached hydrogens (tertiary/aromatic N) is 2. The highest BCUT2D eigenvalue weighted by Gasteiger charge is 2.29. The molecule has 1 amide bonds. The second-order valence-electron chi connectivity index (χ2n) is 10.7. The van der Waals surface area contributed by atoms with Crippen molar-refractivity contribution in [1.29, 1.82) is 0 Å². The van der Waals surface area contributed by atoms with Gasteiger partial charge in [-0.2, -0.15) is 4.31 Å². The van der Waals surface area contributed by atoms with Crippen molar-refractivity contribution in [1.82, 2.24) is 9.21 Å². The van der Waals surface area contributed by atoms with Crippen molar-refractivity contribution in [2.45, 2.75) is 57.3 Å². The van der Waals surface area contributed by atoms with Crippen molar-refractivity contribution in [2.75, 3.05) is 46.2 Å². The van der Waals surface area contributed by atoms with Gasteiger partial charge >= 0.3 is 0 Å². The molecule has 9 heteroatoms. The van der Waals surface area contributed by atoms with E-state index in [0.717, 1.165) is 23.8 Å². The van der Waals surface area contributed by atoms with Gasteiger partial charge in [0.15, 0.2) is 0 Å². The van der Waals surface area contributed by atoms with E-state index in [1.54, 1.807) is 26.0 Å². The summed E-state index contributed by atoms with van der Waals surface area (Å²) in [4.78, 5) is 27.6. The minimum Gasteiger partial charge on any atom is -0.497 e. The predicted molar refractivity (Wildman–Crippen MR) is 146 cm³/mol. The minimum absolute atomic E-state index is 0.0153. The fourth-order valence-electron chi connectivity index (χ4n) is 5.17. The number of aryl methyl sites for hydroxylation is 2. The van der Waals surface area contributed by atoms with E-state index >= 15 is 0 Å². The summed E-state index contributed by atoms with van der Waals surface area (Å²) in [5.74, 6) is -0.0216. The topological polar surface area (TPSA) is 96.0 Å². The first-order valence-electron chi connectivity index (χ1n) is 12.5. The highest BCUT2D eigenvalue weighted by atomic mass is 32.2. The molecule has 202 valence electrons. The van der Waals surface area contributed by atoms with Gasteiger partial charge in [0.2, 0.25) is 15.9 Å². The number of amides is 1. The minimum atomic E-state index is -3.88. The Balaban J connectivity index is 1.59. The van der Waals surface area contributed by atoms with Crippen LogP contribution in [0.25, 0.3) is 0 Å². The number of benzene rings is 2. The van der Waals surface area contributed by atoms with E-state index in [4.69, 9.17) is 4.74 Å². The first-order valence-corrected chi connectivity index (χ1v) is 13.9. The molecule has 0 bridgehead atoms. The first kappa shape index (κ1) is 28.8. The lowest BCUT2D eigenvalue weighted by Crippen LogP contribution is -2.33. The zero-order chi connectivity index (χ0) is 27.5. The zero-order valence-corrected chi connectivity index (χ0v) is 23.8. The van der Waals surface area contributed by atoms with Gasteiger partial charge in [-0.15, -0.1) is 0 Å². The average Bonchev–Trinajstić information content (AvgIpc) is 2.91. The summed E-state index contributed by atoms with van der Waals surface area (Å²) in [7, 11) is 1.14. The Hall–Kier alpha value is -2.75. The molecule has 1 aliphatic heterocycles. The molecule has 0 saturated heterocycles. The number of hydrogen-bond acceptors (Lipinski definition) is 6. The van der Waals surface area contributed by atoms with E-state index in [-0.39, 0.29) is 41.4 Å². The van der Waals surface area contributed by atoms with Crippen LogP contribution in [0.3, 0.4) is 0 Å². The molecule has 8 nitrogen and oxygen atoms in total. The number of Topliss-reactive ketones (excluding diaryl/α,β-unsaturated/α-hetero) is 1. The van der Waals surface area contributed by atoms with E-state index < -0.39 is 10.0 Å². The Bertz CT molecular complexity index is 1260. The molecule has 0 radical (unpaired) electrons. The highest BCUT2D eigenvalue weighted by molar-refractivity contribution is 7.89. The molecule has 1 aliphatic rings. The molecule has 0 spiro atoms. The average molecular weight is 530 g/mol. The second kappa shape index (κ2) is 11.3. The Labute approximate surface area is 221 Å². The van der Waals surface area contributed by atoms with Crippen molar-refractivity contribution in [3.05, 3.63) is 52.6 Å². The summed E-state index contributed by atoms with van der Waals surface area (Å²) < 4.78 is 32.5.